The van der Waals surface area contributed by atoms with E-state index in [0.29, 0.717) is 12.1 Å². The number of hydrogen-bond donors (Lipinski definition) is 3. The Morgan fingerprint density at radius 3 is 2.75 bits per heavy atom. The first-order valence-corrected chi connectivity index (χ1v) is 7.74. The minimum Gasteiger partial charge on any atom is -0.364 e. The number of nitrogens with zero attached hydrogens (tertiary/aromatic N) is 1. The summed E-state index contributed by atoms with van der Waals surface area (Å²) < 4.78 is 5.03. The Morgan fingerprint density at radius 2 is 2.00 bits per heavy atom. The van der Waals surface area contributed by atoms with Gasteiger partial charge in [0.2, 0.25) is 5.91 Å². The quantitative estimate of drug-likeness (QED) is 0.681. The van der Waals surface area contributed by atoms with Gasteiger partial charge in [-0.25, -0.2) is 4.79 Å². The molecule has 0 fully saturated rings. The monoisotopic (exact) mass is 328 g/mol. The van der Waals surface area contributed by atoms with Gasteiger partial charge in [-0.3, -0.25) is 4.79 Å². The summed E-state index contributed by atoms with van der Waals surface area (Å²) >= 11 is 0. The minimum absolute atomic E-state index is 0.103. The van der Waals surface area contributed by atoms with Crippen molar-refractivity contribution in [3.8, 4) is 0 Å². The molecule has 0 spiro atoms. The number of amides is 1. The predicted molar refractivity (Wildman–Crippen MR) is 89.7 cm³/mol. The zero-order valence-electron chi connectivity index (χ0n) is 13.9. The van der Waals surface area contributed by atoms with E-state index in [1.165, 1.54) is 0 Å². The van der Waals surface area contributed by atoms with Crippen LogP contribution in [0.3, 0.4) is 0 Å². The molecule has 7 heteroatoms. The molecule has 0 aliphatic carbocycles. The van der Waals surface area contributed by atoms with E-state index in [0.717, 1.165) is 22.3 Å². The molecule has 0 radical (unpaired) electrons. The Labute approximate surface area is 138 Å². The summed E-state index contributed by atoms with van der Waals surface area (Å²) in [6.07, 6.45) is 1.80. The van der Waals surface area contributed by atoms with E-state index in [9.17, 15) is 9.59 Å². The van der Waals surface area contributed by atoms with Crippen molar-refractivity contribution >= 4 is 16.9 Å². The van der Waals surface area contributed by atoms with Gasteiger partial charge in [-0.2, -0.15) is 0 Å². The van der Waals surface area contributed by atoms with Crippen LogP contribution in [0, 0.1) is 0 Å². The molecule has 0 unspecified atom stereocenters. The Kier molecular flexibility index (Phi) is 4.01. The van der Waals surface area contributed by atoms with Crippen molar-refractivity contribution in [1.29, 1.82) is 0 Å². The molecular formula is C17H20N4O3. The number of aromatic amines is 2. The lowest BCUT2D eigenvalue weighted by atomic mass is 9.89. The fourth-order valence-electron chi connectivity index (χ4n) is 2.63. The summed E-state index contributed by atoms with van der Waals surface area (Å²) in [6, 6.07) is 5.41. The molecule has 1 amide bonds. The number of fused-ring (bicyclic) bond motifs is 1. The second-order valence-electron chi connectivity index (χ2n) is 6.85. The number of hydrogen-bond acceptors (Lipinski definition) is 4. The maximum Gasteiger partial charge on any atom is 0.323 e. The summed E-state index contributed by atoms with van der Waals surface area (Å²) in [4.78, 5) is 28.8. The third kappa shape index (κ3) is 3.40. The van der Waals surface area contributed by atoms with Crippen molar-refractivity contribution in [2.24, 2.45) is 0 Å². The number of H-pyrrole nitrogens is 2. The third-order valence-electron chi connectivity index (χ3n) is 3.77. The fraction of sp³-hybridized carbons (Fsp3) is 0.353. The lowest BCUT2D eigenvalue weighted by molar-refractivity contribution is -0.120. The van der Waals surface area contributed by atoms with Gasteiger partial charge in [0.15, 0.2) is 0 Å². The lowest BCUT2D eigenvalue weighted by Gasteiger charge is -2.16. The van der Waals surface area contributed by atoms with Crippen molar-refractivity contribution < 1.29 is 9.32 Å². The zero-order chi connectivity index (χ0) is 17.3. The van der Waals surface area contributed by atoms with Crippen molar-refractivity contribution in [1.82, 2.24) is 20.4 Å². The number of carbonyl (C=O) groups excluding carboxylic acids is 1. The molecule has 3 rings (SSSR count). The van der Waals surface area contributed by atoms with E-state index >= 15 is 0 Å². The lowest BCUT2D eigenvalue weighted by Crippen LogP contribution is -2.26. The summed E-state index contributed by atoms with van der Waals surface area (Å²) in [7, 11) is 0. The standard InChI is InChI=1S/C17H20N4O3/c1-17(2,3)15-11(9-24-21-15)8-18-14(22)7-10-4-5-12-13(6-10)20-16(23)19-12/h4-6,9H,7-8H2,1-3H3,(H,18,22)(H2,19,20,23). The normalized spacial score (nSPS) is 11.8. The summed E-state index contributed by atoms with van der Waals surface area (Å²) in [6.45, 7) is 6.51. The zero-order valence-corrected chi connectivity index (χ0v) is 13.9. The smallest absolute Gasteiger partial charge is 0.323 e. The van der Waals surface area contributed by atoms with Crippen LogP contribution in [0.4, 0.5) is 0 Å². The van der Waals surface area contributed by atoms with E-state index in [-0.39, 0.29) is 23.4 Å². The van der Waals surface area contributed by atoms with Gasteiger partial charge in [0.05, 0.1) is 23.1 Å². The number of benzene rings is 1. The highest BCUT2D eigenvalue weighted by Crippen LogP contribution is 2.24. The van der Waals surface area contributed by atoms with Crippen LogP contribution in [0.15, 0.2) is 33.8 Å². The topological polar surface area (TPSA) is 104 Å². The molecule has 0 aliphatic rings. The largest absolute Gasteiger partial charge is 0.364 e. The molecular weight excluding hydrogens is 308 g/mol. The van der Waals surface area contributed by atoms with Gasteiger partial charge >= 0.3 is 5.69 Å². The molecule has 0 aliphatic heterocycles. The van der Waals surface area contributed by atoms with Crippen LogP contribution in [0.5, 0.6) is 0 Å². The highest BCUT2D eigenvalue weighted by Gasteiger charge is 2.22. The Bertz CT molecular complexity index is 927. The average Bonchev–Trinajstić information content (AvgIpc) is 3.09. The van der Waals surface area contributed by atoms with E-state index in [4.69, 9.17) is 4.52 Å². The molecule has 0 saturated heterocycles. The van der Waals surface area contributed by atoms with Crippen molar-refractivity contribution in [2.75, 3.05) is 0 Å². The average molecular weight is 328 g/mol. The number of imidazole rings is 1. The third-order valence-corrected chi connectivity index (χ3v) is 3.77. The maximum absolute atomic E-state index is 12.2. The first kappa shape index (κ1) is 16.0. The number of nitrogens with one attached hydrogen (secondary N) is 3. The molecule has 2 heterocycles. The molecule has 126 valence electrons. The van der Waals surface area contributed by atoms with Crippen LogP contribution < -0.4 is 11.0 Å². The molecule has 0 saturated carbocycles. The van der Waals surface area contributed by atoms with E-state index < -0.39 is 0 Å². The van der Waals surface area contributed by atoms with E-state index in [1.807, 2.05) is 26.8 Å². The first-order valence-electron chi connectivity index (χ1n) is 7.74. The van der Waals surface area contributed by atoms with Crippen molar-refractivity contribution in [3.63, 3.8) is 0 Å². The Balaban J connectivity index is 1.65. The highest BCUT2D eigenvalue weighted by atomic mass is 16.5. The van der Waals surface area contributed by atoms with Crippen molar-refractivity contribution in [2.45, 2.75) is 39.2 Å². The molecule has 3 N–H and O–H groups in total. The molecule has 7 nitrogen and oxygen atoms in total. The second kappa shape index (κ2) is 5.99. The Morgan fingerprint density at radius 1 is 1.25 bits per heavy atom. The highest BCUT2D eigenvalue weighted by molar-refractivity contribution is 5.81. The molecule has 1 aromatic carbocycles. The minimum atomic E-state index is -0.256. The van der Waals surface area contributed by atoms with Crippen LogP contribution >= 0.6 is 0 Å². The SMILES string of the molecule is CC(C)(C)c1nocc1CNC(=O)Cc1ccc2[nH]c(=O)[nH]c2c1. The maximum atomic E-state index is 12.2. The van der Waals surface area contributed by atoms with E-state index in [2.05, 4.69) is 20.4 Å². The molecule has 0 atom stereocenters. The first-order chi connectivity index (χ1) is 11.3. The molecule has 2 aromatic heterocycles. The Hall–Kier alpha value is -2.83. The van der Waals surface area contributed by atoms with Gasteiger partial charge in [-0.15, -0.1) is 0 Å². The molecule has 0 bridgehead atoms. The summed E-state index contributed by atoms with van der Waals surface area (Å²) in [5, 5.41) is 6.90. The second-order valence-corrected chi connectivity index (χ2v) is 6.85. The van der Waals surface area contributed by atoms with Crippen molar-refractivity contribution in [3.05, 3.63) is 51.8 Å². The van der Waals surface area contributed by atoms with Crippen LogP contribution in [0.2, 0.25) is 0 Å². The summed E-state index contributed by atoms with van der Waals surface area (Å²) in [5.41, 5.74) is 3.57. The van der Waals surface area contributed by atoms with E-state index in [1.54, 1.807) is 18.4 Å². The van der Waals surface area contributed by atoms with Gasteiger partial charge in [-0.1, -0.05) is 32.0 Å². The van der Waals surface area contributed by atoms with Crippen LogP contribution in [-0.4, -0.2) is 21.0 Å². The van der Waals surface area contributed by atoms with Gasteiger partial charge in [-0.05, 0) is 17.7 Å². The fourth-order valence-corrected chi connectivity index (χ4v) is 2.63. The molecule has 24 heavy (non-hydrogen) atoms. The van der Waals surface area contributed by atoms with Gasteiger partial charge < -0.3 is 19.8 Å². The van der Waals surface area contributed by atoms with Crippen LogP contribution in [-0.2, 0) is 23.2 Å². The van der Waals surface area contributed by atoms with Gasteiger partial charge in [0.25, 0.3) is 0 Å². The molecule has 3 aromatic rings. The van der Waals surface area contributed by atoms with Crippen LogP contribution in [0.25, 0.3) is 11.0 Å². The van der Waals surface area contributed by atoms with Gasteiger partial charge in [0.1, 0.15) is 6.26 Å². The number of rotatable bonds is 4. The van der Waals surface area contributed by atoms with Gasteiger partial charge in [0, 0.05) is 17.5 Å². The van der Waals surface area contributed by atoms with Crippen LogP contribution in [0.1, 0.15) is 37.6 Å². The number of carbonyl (C=O) groups is 1. The number of aromatic nitrogens is 3. The summed E-state index contributed by atoms with van der Waals surface area (Å²) in [5.74, 6) is -0.103. The predicted octanol–water partition coefficient (Wildman–Crippen LogP) is 2.00.